The van der Waals surface area contributed by atoms with Gasteiger partial charge in [-0.3, -0.25) is 9.11 Å². The van der Waals surface area contributed by atoms with Gasteiger partial charge in [0, 0.05) is 0 Å². The molecule has 0 aliphatic heterocycles. The first-order valence-corrected chi connectivity index (χ1v) is 11.0. The largest absolute Gasteiger partial charge is 0.412 e. The molecule has 1 aromatic rings. The van der Waals surface area contributed by atoms with Gasteiger partial charge in [-0.1, -0.05) is 0 Å². The third-order valence-electron chi connectivity index (χ3n) is 3.59. The molecule has 0 heterocycles. The zero-order valence-electron chi connectivity index (χ0n) is 16.1. The van der Waals surface area contributed by atoms with E-state index in [0.717, 1.165) is 0 Å². The van der Waals surface area contributed by atoms with Crippen LogP contribution in [0.25, 0.3) is 0 Å². The van der Waals surface area contributed by atoms with Gasteiger partial charge in [-0.15, -0.1) is 0 Å². The normalized spacial score (nSPS) is 9.62. The zero-order chi connectivity index (χ0) is 19.7. The summed E-state index contributed by atoms with van der Waals surface area (Å²) in [5, 5.41) is 0. The second-order valence-electron chi connectivity index (χ2n) is 5.72. The van der Waals surface area contributed by atoms with Crippen molar-refractivity contribution in [3.63, 3.8) is 0 Å². The van der Waals surface area contributed by atoms with E-state index in [1.165, 1.54) is 85.2 Å². The average molecular weight is 398 g/mol. The second-order valence-corrected chi connectivity index (χ2v) is 7.69. The summed E-state index contributed by atoms with van der Waals surface area (Å²) in [4.78, 5) is 8.57. The molecule has 0 fully saturated rings. The molecule has 0 radical (unpaired) electrons. The maximum Gasteiger partial charge on any atom is 0.394 e. The Morgan fingerprint density at radius 1 is 1.04 bits per heavy atom. The Hall–Kier alpha value is -0.500. The number of hydrogen-bond acceptors (Lipinski definition) is 3. The van der Waals surface area contributed by atoms with Gasteiger partial charge >= 0.3 is 136 Å². The minimum Gasteiger partial charge on any atom is -0.412 e. The predicted octanol–water partition coefficient (Wildman–Crippen LogP) is 2.47. The molecular formula is C18H31NaO6S. The maximum atomic E-state index is 8.74. The summed E-state index contributed by atoms with van der Waals surface area (Å²) in [5.74, 6) is 1.25. The number of hydrogen-bond donors (Lipinski definition) is 2. The van der Waals surface area contributed by atoms with E-state index >= 15 is 0 Å². The van der Waals surface area contributed by atoms with Crippen LogP contribution in [-0.2, 0) is 28.0 Å². The van der Waals surface area contributed by atoms with E-state index in [9.17, 15) is 0 Å². The van der Waals surface area contributed by atoms with Gasteiger partial charge < -0.3 is 5.48 Å². The van der Waals surface area contributed by atoms with E-state index in [1.54, 1.807) is 13.9 Å². The van der Waals surface area contributed by atoms with Crippen LogP contribution in [0.3, 0.4) is 0 Å². The monoisotopic (exact) mass is 398 g/mol. The van der Waals surface area contributed by atoms with Gasteiger partial charge in [0.15, 0.2) is 0 Å². The van der Waals surface area contributed by atoms with E-state index in [1.807, 2.05) is 0 Å². The van der Waals surface area contributed by atoms with E-state index < -0.39 is 10.4 Å². The molecule has 1 rings (SSSR count). The summed E-state index contributed by atoms with van der Waals surface area (Å²) >= 11 is 1.20. The first-order valence-electron chi connectivity index (χ1n) is 8.62. The molecule has 6 nitrogen and oxygen atoms in total. The topological polar surface area (TPSA) is 123 Å². The summed E-state index contributed by atoms with van der Waals surface area (Å²) in [6, 6.07) is 6.95. The molecule has 0 aliphatic rings. The van der Waals surface area contributed by atoms with Gasteiger partial charge in [0.2, 0.25) is 0 Å². The molecule has 26 heavy (non-hydrogen) atoms. The number of aryl methyl sites for hydroxylation is 1. The van der Waals surface area contributed by atoms with Crippen molar-refractivity contribution in [2.75, 3.05) is 0 Å². The van der Waals surface area contributed by atoms with E-state index in [4.69, 9.17) is 22.3 Å². The maximum absolute atomic E-state index is 8.74. The molecule has 1 aromatic carbocycles. The average Bonchev–Trinajstić information content (AvgIpc) is 2.49. The molecule has 0 aromatic heterocycles. The minimum atomic E-state index is -4.67. The first kappa shape index (κ1) is 30.2. The summed E-state index contributed by atoms with van der Waals surface area (Å²) in [6.45, 7) is 7.25. The van der Waals surface area contributed by atoms with Gasteiger partial charge in [0.1, 0.15) is 5.94 Å². The van der Waals surface area contributed by atoms with Crippen LogP contribution in [0.2, 0.25) is 0 Å². The number of benzene rings is 1. The van der Waals surface area contributed by atoms with Crippen LogP contribution in [0, 0.1) is 0 Å². The summed E-state index contributed by atoms with van der Waals surface area (Å²) in [7, 11) is -4.67. The SMILES string of the molecule is C=C=O.CCCCCc1ccc[c]([Na])c1CCCCC.O.O=S(=O)(O)O. The fourth-order valence-electron chi connectivity index (χ4n) is 2.47. The van der Waals surface area contributed by atoms with Crippen molar-refractivity contribution in [1.82, 2.24) is 0 Å². The Labute approximate surface area is 175 Å². The van der Waals surface area contributed by atoms with Gasteiger partial charge in [-0.2, -0.15) is 8.42 Å². The van der Waals surface area contributed by atoms with E-state index in [0.29, 0.717) is 0 Å². The Bertz CT molecular complexity index is 588. The van der Waals surface area contributed by atoms with Crippen molar-refractivity contribution >= 4 is 47.1 Å². The van der Waals surface area contributed by atoms with Crippen LogP contribution >= 0.6 is 0 Å². The van der Waals surface area contributed by atoms with E-state index in [-0.39, 0.29) is 5.48 Å². The molecule has 0 saturated heterocycles. The van der Waals surface area contributed by atoms with Crippen molar-refractivity contribution in [3.8, 4) is 0 Å². The van der Waals surface area contributed by atoms with Crippen molar-refractivity contribution in [1.29, 1.82) is 0 Å². The van der Waals surface area contributed by atoms with Crippen molar-refractivity contribution in [2.45, 2.75) is 65.2 Å². The molecule has 0 saturated carbocycles. The van der Waals surface area contributed by atoms with Gasteiger partial charge in [-0.25, -0.2) is 4.79 Å². The summed E-state index contributed by atoms with van der Waals surface area (Å²) in [5.41, 5.74) is 3.34. The van der Waals surface area contributed by atoms with Gasteiger partial charge in [0.05, 0.1) is 0 Å². The quantitative estimate of drug-likeness (QED) is 0.301. The van der Waals surface area contributed by atoms with Crippen LogP contribution in [0.4, 0.5) is 0 Å². The molecule has 0 aliphatic carbocycles. The molecule has 4 N–H and O–H groups in total. The molecule has 0 bridgehead atoms. The van der Waals surface area contributed by atoms with Crippen LogP contribution in [0.1, 0.15) is 63.5 Å². The zero-order valence-corrected chi connectivity index (χ0v) is 18.9. The Kier molecular flexibility index (Phi) is 22.4. The number of carbonyl (C=O) groups excluding carboxylic acids is 1. The van der Waals surface area contributed by atoms with Crippen LogP contribution in [-0.4, -0.2) is 56.9 Å². The Balaban J connectivity index is -0.000000498. The third-order valence-corrected chi connectivity index (χ3v) is 4.52. The summed E-state index contributed by atoms with van der Waals surface area (Å²) < 4.78 is 33.2. The molecule has 0 amide bonds. The Morgan fingerprint density at radius 3 is 1.88 bits per heavy atom. The van der Waals surface area contributed by atoms with Crippen molar-refractivity contribution in [3.05, 3.63) is 35.9 Å². The molecule has 0 atom stereocenters. The smallest absolute Gasteiger partial charge is 0.394 e. The fourth-order valence-corrected chi connectivity index (χ4v) is 3.24. The first-order chi connectivity index (χ1) is 11.7. The minimum absolute atomic E-state index is 0. The molecule has 0 spiro atoms. The second kappa shape index (κ2) is 19.3. The van der Waals surface area contributed by atoms with Gasteiger partial charge in [0.25, 0.3) is 0 Å². The standard InChI is InChI=1S/C16H25.C2H2O.Na.H2O4S.H2O/c1-3-5-7-11-15-13-9-10-14-16(15)12-8-6-4-2;1-2-3;;1-5(2,3)4;/h9-10,13H,3-8,11-12H2,1-2H3;1H2;;(H2,1,2,3,4);1H2. The number of rotatable bonds is 8. The van der Waals surface area contributed by atoms with Gasteiger partial charge in [-0.05, 0) is 6.58 Å². The van der Waals surface area contributed by atoms with Crippen molar-refractivity contribution < 1.29 is 27.8 Å². The number of unbranched alkanes of at least 4 members (excludes halogenated alkanes) is 4. The van der Waals surface area contributed by atoms with Crippen LogP contribution in [0.15, 0.2) is 24.8 Å². The molecule has 0 unspecified atom stereocenters. The Morgan fingerprint density at radius 2 is 1.46 bits per heavy atom. The van der Waals surface area contributed by atoms with Crippen LogP contribution < -0.4 is 2.81 Å². The molecule has 146 valence electrons. The van der Waals surface area contributed by atoms with Crippen LogP contribution in [0.5, 0.6) is 0 Å². The predicted molar refractivity (Wildman–Crippen MR) is 107 cm³/mol. The van der Waals surface area contributed by atoms with Crippen molar-refractivity contribution in [2.24, 2.45) is 0 Å². The third kappa shape index (κ3) is 21.5. The fraction of sp³-hybridized carbons (Fsp3) is 0.556. The molecular weight excluding hydrogens is 367 g/mol. The van der Waals surface area contributed by atoms with E-state index in [2.05, 4.69) is 38.6 Å². The summed E-state index contributed by atoms with van der Waals surface area (Å²) in [6.07, 6.45) is 10.8. The molecule has 8 heteroatoms.